The van der Waals surface area contributed by atoms with Crippen molar-refractivity contribution in [3.63, 3.8) is 0 Å². The van der Waals surface area contributed by atoms with E-state index < -0.39 is 0 Å². The van der Waals surface area contributed by atoms with Crippen LogP contribution in [0.5, 0.6) is 0 Å². The molecule has 0 N–H and O–H groups in total. The van der Waals surface area contributed by atoms with Crippen molar-refractivity contribution < 1.29 is 0 Å². The maximum absolute atomic E-state index is 8.95. The lowest BCUT2D eigenvalue weighted by atomic mass is 10.1. The lowest BCUT2D eigenvalue weighted by Gasteiger charge is -1.98. The van der Waals surface area contributed by atoms with Crippen molar-refractivity contribution in [2.45, 2.75) is 0 Å². The van der Waals surface area contributed by atoms with Gasteiger partial charge in [0.1, 0.15) is 0 Å². The van der Waals surface area contributed by atoms with E-state index in [1.807, 2.05) is 18.2 Å². The Bertz CT molecular complexity index is 642. The summed E-state index contributed by atoms with van der Waals surface area (Å²) in [6.07, 6.45) is 1.64. The molecule has 0 radical (unpaired) electrons. The number of halogens is 2. The monoisotopic (exact) mass is 274 g/mol. The van der Waals surface area contributed by atoms with Gasteiger partial charge in [-0.05, 0) is 24.3 Å². The molecule has 0 saturated carbocycles. The van der Waals surface area contributed by atoms with E-state index in [2.05, 4.69) is 11.1 Å². The Hall–Kier alpha value is -1.82. The van der Waals surface area contributed by atoms with E-state index >= 15 is 0 Å². The van der Waals surface area contributed by atoms with Crippen LogP contribution in [0, 0.1) is 11.3 Å². The standard InChI is InChI=1S/C14H8Cl2N2/c15-13-6-5-12(7-14(13)16)18-9-11-4-2-1-3-10(11)8-17/h1-7,9H/b18-9+. The topological polar surface area (TPSA) is 36.1 Å². The zero-order valence-corrected chi connectivity index (χ0v) is 10.8. The van der Waals surface area contributed by atoms with Gasteiger partial charge in [0.05, 0.1) is 27.4 Å². The first-order valence-electron chi connectivity index (χ1n) is 5.19. The highest BCUT2D eigenvalue weighted by Crippen LogP contribution is 2.26. The van der Waals surface area contributed by atoms with Crippen LogP contribution in [0.4, 0.5) is 5.69 Å². The molecule has 0 aliphatic carbocycles. The molecule has 0 heterocycles. The second-order valence-corrected chi connectivity index (χ2v) is 4.37. The van der Waals surface area contributed by atoms with Gasteiger partial charge >= 0.3 is 0 Å². The summed E-state index contributed by atoms with van der Waals surface area (Å²) >= 11 is 11.7. The molecule has 0 amide bonds. The fraction of sp³-hybridized carbons (Fsp3) is 0. The predicted molar refractivity (Wildman–Crippen MR) is 74.9 cm³/mol. The maximum atomic E-state index is 8.95. The third-order valence-corrected chi connectivity index (χ3v) is 3.08. The largest absolute Gasteiger partial charge is 0.256 e. The van der Waals surface area contributed by atoms with Crippen molar-refractivity contribution in [2.24, 2.45) is 4.99 Å². The summed E-state index contributed by atoms with van der Waals surface area (Å²) in [5.74, 6) is 0. The number of nitriles is 1. The lowest BCUT2D eigenvalue weighted by molar-refractivity contribution is 1.46. The summed E-state index contributed by atoms with van der Waals surface area (Å²) in [5, 5.41) is 9.90. The average molecular weight is 275 g/mol. The SMILES string of the molecule is N#Cc1ccccc1/C=N/c1ccc(Cl)c(Cl)c1. The van der Waals surface area contributed by atoms with Crippen molar-refractivity contribution in [1.29, 1.82) is 5.26 Å². The van der Waals surface area contributed by atoms with E-state index in [1.165, 1.54) is 0 Å². The average Bonchev–Trinajstić information content (AvgIpc) is 2.40. The van der Waals surface area contributed by atoms with E-state index in [1.54, 1.807) is 30.5 Å². The predicted octanol–water partition coefficient (Wildman–Crippen LogP) is 4.62. The van der Waals surface area contributed by atoms with Gasteiger partial charge in [-0.15, -0.1) is 0 Å². The van der Waals surface area contributed by atoms with Gasteiger partial charge < -0.3 is 0 Å². The van der Waals surface area contributed by atoms with Crippen LogP contribution in [0.25, 0.3) is 0 Å². The highest BCUT2D eigenvalue weighted by atomic mass is 35.5. The van der Waals surface area contributed by atoms with Gasteiger partial charge in [0.15, 0.2) is 0 Å². The summed E-state index contributed by atoms with van der Waals surface area (Å²) < 4.78 is 0. The Balaban J connectivity index is 2.30. The molecule has 2 nitrogen and oxygen atoms in total. The van der Waals surface area contributed by atoms with Crippen LogP contribution in [0.15, 0.2) is 47.5 Å². The molecule has 0 bridgehead atoms. The van der Waals surface area contributed by atoms with Crippen LogP contribution >= 0.6 is 23.2 Å². The number of hydrogen-bond acceptors (Lipinski definition) is 2. The molecule has 0 fully saturated rings. The number of hydrogen-bond donors (Lipinski definition) is 0. The van der Waals surface area contributed by atoms with Crippen LogP contribution in [0.3, 0.4) is 0 Å². The zero-order chi connectivity index (χ0) is 13.0. The van der Waals surface area contributed by atoms with E-state index in [0.717, 1.165) is 5.56 Å². The number of aliphatic imine (C=N–C) groups is 1. The molecule has 2 rings (SSSR count). The van der Waals surface area contributed by atoms with Crippen molar-refractivity contribution in [3.8, 4) is 6.07 Å². The fourth-order valence-corrected chi connectivity index (χ4v) is 1.71. The summed E-state index contributed by atoms with van der Waals surface area (Å²) in [6, 6.07) is 14.5. The molecule has 2 aromatic carbocycles. The Morgan fingerprint density at radius 3 is 2.56 bits per heavy atom. The molecule has 0 aromatic heterocycles. The summed E-state index contributed by atoms with van der Waals surface area (Å²) in [6.45, 7) is 0. The molecule has 88 valence electrons. The molecule has 2 aromatic rings. The molecule has 0 saturated heterocycles. The van der Waals surface area contributed by atoms with Crippen molar-refractivity contribution in [3.05, 3.63) is 63.6 Å². The molecule has 18 heavy (non-hydrogen) atoms. The third-order valence-electron chi connectivity index (χ3n) is 2.34. The number of nitrogens with zero attached hydrogens (tertiary/aromatic N) is 2. The van der Waals surface area contributed by atoms with Crippen LogP contribution in [-0.4, -0.2) is 6.21 Å². The molecular weight excluding hydrogens is 267 g/mol. The molecular formula is C14H8Cl2N2. The van der Waals surface area contributed by atoms with Crippen molar-refractivity contribution in [1.82, 2.24) is 0 Å². The summed E-state index contributed by atoms with van der Waals surface area (Å²) in [7, 11) is 0. The third kappa shape index (κ3) is 2.89. The first-order chi connectivity index (χ1) is 8.70. The van der Waals surface area contributed by atoms with Gasteiger partial charge in [-0.3, -0.25) is 4.99 Å². The Kier molecular flexibility index (Phi) is 3.99. The highest BCUT2D eigenvalue weighted by molar-refractivity contribution is 6.42. The van der Waals surface area contributed by atoms with Gasteiger partial charge in [-0.25, -0.2) is 0 Å². The second kappa shape index (κ2) is 5.68. The molecule has 0 unspecified atom stereocenters. The van der Waals surface area contributed by atoms with Crippen LogP contribution < -0.4 is 0 Å². The van der Waals surface area contributed by atoms with Crippen molar-refractivity contribution >= 4 is 35.1 Å². The zero-order valence-electron chi connectivity index (χ0n) is 9.27. The number of benzene rings is 2. The van der Waals surface area contributed by atoms with Gasteiger partial charge in [-0.2, -0.15) is 5.26 Å². The van der Waals surface area contributed by atoms with Gasteiger partial charge in [0, 0.05) is 11.8 Å². The molecule has 0 aliphatic heterocycles. The minimum atomic E-state index is 0.458. The molecule has 0 aliphatic rings. The molecule has 0 spiro atoms. The Labute approximate surface area is 115 Å². The van der Waals surface area contributed by atoms with Gasteiger partial charge in [-0.1, -0.05) is 41.4 Å². The quantitative estimate of drug-likeness (QED) is 0.737. The maximum Gasteiger partial charge on any atom is 0.0998 e. The van der Waals surface area contributed by atoms with Crippen LogP contribution in [0.2, 0.25) is 10.0 Å². The first kappa shape index (κ1) is 12.6. The highest BCUT2D eigenvalue weighted by Gasteiger charge is 1.99. The number of rotatable bonds is 2. The van der Waals surface area contributed by atoms with Crippen molar-refractivity contribution in [2.75, 3.05) is 0 Å². The molecule has 4 heteroatoms. The van der Waals surface area contributed by atoms with E-state index in [4.69, 9.17) is 28.5 Å². The van der Waals surface area contributed by atoms with Gasteiger partial charge in [0.2, 0.25) is 0 Å². The molecule has 0 atom stereocenters. The smallest absolute Gasteiger partial charge is 0.0998 e. The minimum absolute atomic E-state index is 0.458. The van der Waals surface area contributed by atoms with E-state index in [9.17, 15) is 0 Å². The Morgan fingerprint density at radius 2 is 1.83 bits per heavy atom. The second-order valence-electron chi connectivity index (χ2n) is 3.56. The van der Waals surface area contributed by atoms with E-state index in [-0.39, 0.29) is 0 Å². The summed E-state index contributed by atoms with van der Waals surface area (Å²) in [4.78, 5) is 4.27. The Morgan fingerprint density at radius 1 is 1.06 bits per heavy atom. The van der Waals surface area contributed by atoms with Gasteiger partial charge in [0.25, 0.3) is 0 Å². The van der Waals surface area contributed by atoms with Crippen LogP contribution in [-0.2, 0) is 0 Å². The lowest BCUT2D eigenvalue weighted by Crippen LogP contribution is -1.86. The minimum Gasteiger partial charge on any atom is -0.256 e. The first-order valence-corrected chi connectivity index (χ1v) is 5.94. The van der Waals surface area contributed by atoms with Crippen LogP contribution in [0.1, 0.15) is 11.1 Å². The normalized spacial score (nSPS) is 10.5. The van der Waals surface area contributed by atoms with E-state index in [0.29, 0.717) is 21.3 Å². The summed E-state index contributed by atoms with van der Waals surface area (Å²) in [5.41, 5.74) is 2.05. The fourth-order valence-electron chi connectivity index (χ4n) is 1.42.